The zero-order valence-corrected chi connectivity index (χ0v) is 40.3. The van der Waals surface area contributed by atoms with Gasteiger partial charge in [0.2, 0.25) is 0 Å². The first-order valence-electron chi connectivity index (χ1n) is 25.9. The van der Waals surface area contributed by atoms with E-state index in [1.54, 1.807) is 0 Å². The number of hydrogen-bond acceptors (Lipinski definition) is 9. The summed E-state index contributed by atoms with van der Waals surface area (Å²) in [6.07, 6.45) is 51.5. The van der Waals surface area contributed by atoms with Crippen molar-refractivity contribution >= 4 is 5.97 Å². The summed E-state index contributed by atoms with van der Waals surface area (Å²) < 4.78 is 22.8. The van der Waals surface area contributed by atoms with Gasteiger partial charge in [0.15, 0.2) is 6.29 Å². The first-order chi connectivity index (χ1) is 30.9. The van der Waals surface area contributed by atoms with Crippen LogP contribution in [0.4, 0.5) is 0 Å². The third-order valence-corrected chi connectivity index (χ3v) is 11.7. The van der Waals surface area contributed by atoms with Crippen LogP contribution in [0.1, 0.15) is 213 Å². The minimum Gasteiger partial charge on any atom is -0.457 e. The lowest BCUT2D eigenvalue weighted by Gasteiger charge is -2.39. The summed E-state index contributed by atoms with van der Waals surface area (Å²) in [4.78, 5) is 12.8. The van der Waals surface area contributed by atoms with Gasteiger partial charge in [-0.1, -0.05) is 222 Å². The summed E-state index contributed by atoms with van der Waals surface area (Å²) in [7, 11) is 0. The number of aliphatic hydroxyl groups is 4. The molecule has 0 aromatic carbocycles. The predicted molar refractivity (Wildman–Crippen MR) is 261 cm³/mol. The van der Waals surface area contributed by atoms with E-state index in [1.807, 2.05) is 0 Å². The average Bonchev–Trinajstić information content (AvgIpc) is 3.28. The van der Waals surface area contributed by atoms with Crippen LogP contribution in [0.3, 0.4) is 0 Å². The van der Waals surface area contributed by atoms with Crippen molar-refractivity contribution in [2.45, 2.75) is 250 Å². The Morgan fingerprint density at radius 2 is 0.937 bits per heavy atom. The van der Waals surface area contributed by atoms with Crippen molar-refractivity contribution in [1.29, 1.82) is 0 Å². The summed E-state index contributed by atoms with van der Waals surface area (Å²) in [6.45, 7) is 4.25. The molecule has 1 aliphatic heterocycles. The molecule has 0 amide bonds. The van der Waals surface area contributed by atoms with E-state index in [0.29, 0.717) is 19.4 Å². The third-order valence-electron chi connectivity index (χ3n) is 11.7. The highest BCUT2D eigenvalue weighted by molar-refractivity contribution is 5.69. The number of aliphatic hydroxyl groups excluding tert-OH is 4. The summed E-state index contributed by atoms with van der Waals surface area (Å²) in [6, 6.07) is 0. The van der Waals surface area contributed by atoms with E-state index < -0.39 is 43.4 Å². The Morgan fingerprint density at radius 1 is 0.524 bits per heavy atom. The molecule has 366 valence electrons. The van der Waals surface area contributed by atoms with Crippen LogP contribution >= 0.6 is 0 Å². The van der Waals surface area contributed by atoms with E-state index in [2.05, 4.69) is 74.6 Å². The number of hydrogen-bond donors (Lipinski definition) is 4. The minimum atomic E-state index is -1.55. The van der Waals surface area contributed by atoms with Crippen molar-refractivity contribution in [3.63, 3.8) is 0 Å². The number of allylic oxidation sites excluding steroid dienone is 9. The smallest absolute Gasteiger partial charge is 0.306 e. The van der Waals surface area contributed by atoms with Crippen molar-refractivity contribution in [2.75, 3.05) is 26.4 Å². The van der Waals surface area contributed by atoms with Crippen LogP contribution in [-0.4, -0.2) is 89.6 Å². The van der Waals surface area contributed by atoms with Gasteiger partial charge in [0.1, 0.15) is 30.5 Å². The SMILES string of the molecule is CC/C=C\C/C=C\C/C=C\C/C=C\C/C=C\CCOCC(COC1OC(CO)C(O)C(O)C1O)OC(=O)CCCCCCCCCCCCCCCCCCCCCCCCCC. The molecule has 1 rings (SSSR count). The number of carbonyl (C=O) groups excluding carboxylic acids is 1. The molecule has 9 heteroatoms. The van der Waals surface area contributed by atoms with Gasteiger partial charge in [-0.3, -0.25) is 4.79 Å². The lowest BCUT2D eigenvalue weighted by molar-refractivity contribution is -0.305. The largest absolute Gasteiger partial charge is 0.457 e. The lowest BCUT2D eigenvalue weighted by Crippen LogP contribution is -2.59. The molecule has 6 atom stereocenters. The Labute approximate surface area is 385 Å². The standard InChI is InChI=1S/C54H96O9/c1-3-5-7-9-11-13-15-17-19-21-22-23-24-25-26-27-28-29-31-33-35-37-39-41-43-50(56)62-48(47-61-54-53(59)52(58)51(57)49(45-55)63-54)46-60-44-42-40-38-36-34-32-30-20-18-16-14-12-10-8-6-4-2/h6,8,12,14,18,20,32,34,38,40,48-49,51-55,57-59H,3-5,7,9-11,13,15-17,19,21-31,33,35-37,39,41-47H2,1-2H3/b8-6-,14-12-,20-18-,34-32-,40-38-. The maximum atomic E-state index is 12.8. The molecule has 1 fully saturated rings. The number of ether oxygens (including phenoxy) is 4. The predicted octanol–water partition coefficient (Wildman–Crippen LogP) is 12.6. The zero-order chi connectivity index (χ0) is 45.7. The topological polar surface area (TPSA) is 135 Å². The molecule has 9 nitrogen and oxygen atoms in total. The molecule has 0 aromatic rings. The highest BCUT2D eigenvalue weighted by Gasteiger charge is 2.44. The van der Waals surface area contributed by atoms with Crippen LogP contribution in [-0.2, 0) is 23.7 Å². The molecule has 0 radical (unpaired) electrons. The molecule has 1 saturated heterocycles. The minimum absolute atomic E-state index is 0.0906. The van der Waals surface area contributed by atoms with Gasteiger partial charge in [0.05, 0.1) is 26.4 Å². The van der Waals surface area contributed by atoms with E-state index in [0.717, 1.165) is 51.4 Å². The molecule has 0 aromatic heterocycles. The van der Waals surface area contributed by atoms with E-state index >= 15 is 0 Å². The molecule has 6 unspecified atom stereocenters. The maximum absolute atomic E-state index is 12.8. The number of rotatable bonds is 44. The second-order valence-corrected chi connectivity index (χ2v) is 17.6. The first kappa shape index (κ1) is 58.9. The van der Waals surface area contributed by atoms with Crippen molar-refractivity contribution < 1.29 is 44.2 Å². The highest BCUT2D eigenvalue weighted by Crippen LogP contribution is 2.23. The number of carbonyl (C=O) groups is 1. The second kappa shape index (κ2) is 45.1. The third kappa shape index (κ3) is 35.8. The molecule has 0 spiro atoms. The average molecular weight is 889 g/mol. The molecule has 1 aliphatic rings. The lowest BCUT2D eigenvalue weighted by atomic mass is 9.99. The van der Waals surface area contributed by atoms with Gasteiger partial charge in [-0.05, 0) is 44.9 Å². The molecular weight excluding hydrogens is 793 g/mol. The van der Waals surface area contributed by atoms with Crippen molar-refractivity contribution in [3.8, 4) is 0 Å². The van der Waals surface area contributed by atoms with Crippen LogP contribution in [0, 0.1) is 0 Å². The van der Waals surface area contributed by atoms with Gasteiger partial charge < -0.3 is 39.4 Å². The second-order valence-electron chi connectivity index (χ2n) is 17.6. The van der Waals surface area contributed by atoms with Crippen LogP contribution in [0.2, 0.25) is 0 Å². The normalized spacial score (nSPS) is 20.1. The quantitative estimate of drug-likeness (QED) is 0.0268. The fourth-order valence-electron chi connectivity index (χ4n) is 7.73. The van der Waals surface area contributed by atoms with Crippen LogP contribution < -0.4 is 0 Å². The summed E-state index contributed by atoms with van der Waals surface area (Å²) in [5, 5.41) is 40.2. The summed E-state index contributed by atoms with van der Waals surface area (Å²) in [5.74, 6) is -0.336. The van der Waals surface area contributed by atoms with Gasteiger partial charge in [-0.25, -0.2) is 0 Å². The summed E-state index contributed by atoms with van der Waals surface area (Å²) >= 11 is 0. The van der Waals surface area contributed by atoms with E-state index in [9.17, 15) is 25.2 Å². The fourth-order valence-corrected chi connectivity index (χ4v) is 7.73. The molecule has 0 saturated carbocycles. The fraction of sp³-hybridized carbons (Fsp3) is 0.796. The Bertz CT molecular complexity index is 1150. The Kier molecular flexibility index (Phi) is 42.1. The van der Waals surface area contributed by atoms with Gasteiger partial charge in [0.25, 0.3) is 0 Å². The van der Waals surface area contributed by atoms with Crippen molar-refractivity contribution in [1.82, 2.24) is 0 Å². The molecule has 0 aliphatic carbocycles. The molecule has 0 bridgehead atoms. The Hall–Kier alpha value is -2.11. The van der Waals surface area contributed by atoms with Gasteiger partial charge in [-0.15, -0.1) is 0 Å². The molecule has 63 heavy (non-hydrogen) atoms. The van der Waals surface area contributed by atoms with Gasteiger partial charge in [-0.2, -0.15) is 0 Å². The molecule has 4 N–H and O–H groups in total. The highest BCUT2D eigenvalue weighted by atomic mass is 16.7. The number of esters is 1. The number of unbranched alkanes of at least 4 members (excludes halogenated alkanes) is 23. The Morgan fingerprint density at radius 3 is 1.37 bits per heavy atom. The van der Waals surface area contributed by atoms with Gasteiger partial charge in [0, 0.05) is 6.42 Å². The summed E-state index contributed by atoms with van der Waals surface area (Å²) in [5.41, 5.74) is 0. The van der Waals surface area contributed by atoms with E-state index in [1.165, 1.54) is 135 Å². The van der Waals surface area contributed by atoms with Gasteiger partial charge >= 0.3 is 5.97 Å². The Balaban J connectivity index is 2.21. The van der Waals surface area contributed by atoms with Crippen LogP contribution in [0.5, 0.6) is 0 Å². The van der Waals surface area contributed by atoms with E-state index in [4.69, 9.17) is 18.9 Å². The maximum Gasteiger partial charge on any atom is 0.306 e. The van der Waals surface area contributed by atoms with Crippen molar-refractivity contribution in [3.05, 3.63) is 60.8 Å². The van der Waals surface area contributed by atoms with E-state index in [-0.39, 0.29) is 19.2 Å². The molecular formula is C54H96O9. The zero-order valence-electron chi connectivity index (χ0n) is 40.3. The first-order valence-corrected chi connectivity index (χ1v) is 25.9. The monoisotopic (exact) mass is 889 g/mol. The molecule has 1 heterocycles. The van der Waals surface area contributed by atoms with Crippen LogP contribution in [0.25, 0.3) is 0 Å². The van der Waals surface area contributed by atoms with Crippen molar-refractivity contribution in [2.24, 2.45) is 0 Å². The van der Waals surface area contributed by atoms with Crippen LogP contribution in [0.15, 0.2) is 60.8 Å².